The number of likely N-dealkylation sites (N-methyl/N-ethyl adjacent to an activating group) is 1. The van der Waals surface area contributed by atoms with E-state index in [2.05, 4.69) is 26.1 Å². The molecule has 1 atom stereocenters. The maximum absolute atomic E-state index is 5.87. The lowest BCUT2D eigenvalue weighted by Crippen LogP contribution is -2.38. The highest BCUT2D eigenvalue weighted by Gasteiger charge is 2.22. The smallest absolute Gasteiger partial charge is 0.0750 e. The van der Waals surface area contributed by atoms with Gasteiger partial charge in [-0.15, -0.1) is 0 Å². The molecule has 0 saturated carbocycles. The molecular weight excluding hydrogens is 178 g/mol. The second kappa shape index (κ2) is 5.69. The zero-order valence-electron chi connectivity index (χ0n) is 9.64. The van der Waals surface area contributed by atoms with Crippen LogP contribution >= 0.6 is 0 Å². The quantitative estimate of drug-likeness (QED) is 0.705. The molecule has 84 valence electrons. The van der Waals surface area contributed by atoms with Crippen molar-refractivity contribution >= 4 is 0 Å². The Morgan fingerprint density at radius 1 is 1.50 bits per heavy atom. The highest BCUT2D eigenvalue weighted by atomic mass is 16.5. The van der Waals surface area contributed by atoms with Gasteiger partial charge in [0.05, 0.1) is 18.8 Å². The second-order valence-corrected chi connectivity index (χ2v) is 4.58. The second-order valence-electron chi connectivity index (χ2n) is 4.58. The number of ether oxygens (including phenoxy) is 2. The Labute approximate surface area is 87.2 Å². The average Bonchev–Trinajstić information content (AvgIpc) is 2.64. The van der Waals surface area contributed by atoms with Crippen LogP contribution in [0.4, 0.5) is 0 Å². The first-order chi connectivity index (χ1) is 6.64. The molecule has 0 bridgehead atoms. The van der Waals surface area contributed by atoms with Gasteiger partial charge in [0.25, 0.3) is 0 Å². The van der Waals surface area contributed by atoms with E-state index in [9.17, 15) is 0 Å². The summed E-state index contributed by atoms with van der Waals surface area (Å²) in [5.74, 6) is 0.607. The van der Waals surface area contributed by atoms with Crippen molar-refractivity contribution in [2.45, 2.75) is 32.8 Å². The number of hydrogen-bond donors (Lipinski definition) is 1. The minimum Gasteiger partial charge on any atom is -0.381 e. The molecular formula is C11H23NO2. The molecule has 1 aliphatic heterocycles. The third kappa shape index (κ3) is 4.40. The molecule has 0 aliphatic carbocycles. The van der Waals surface area contributed by atoms with Crippen molar-refractivity contribution < 1.29 is 9.47 Å². The summed E-state index contributed by atoms with van der Waals surface area (Å²) in [5, 5.41) is 3.31. The first-order valence-corrected chi connectivity index (χ1v) is 5.56. The predicted molar refractivity (Wildman–Crippen MR) is 57.5 cm³/mol. The summed E-state index contributed by atoms with van der Waals surface area (Å²) in [4.78, 5) is 0. The molecule has 0 radical (unpaired) electrons. The lowest BCUT2D eigenvalue weighted by atomic mass is 10.1. The fraction of sp³-hybridized carbons (Fsp3) is 1.00. The molecule has 0 spiro atoms. The molecule has 1 fully saturated rings. The van der Waals surface area contributed by atoms with Crippen molar-refractivity contribution in [1.82, 2.24) is 5.32 Å². The summed E-state index contributed by atoms with van der Waals surface area (Å²) in [7, 11) is 0. The van der Waals surface area contributed by atoms with Crippen LogP contribution in [0, 0.1) is 5.92 Å². The van der Waals surface area contributed by atoms with Crippen molar-refractivity contribution in [3.63, 3.8) is 0 Å². The van der Waals surface area contributed by atoms with Gasteiger partial charge in [0.1, 0.15) is 0 Å². The molecule has 3 nitrogen and oxygen atoms in total. The lowest BCUT2D eigenvalue weighted by molar-refractivity contribution is -0.0345. The highest BCUT2D eigenvalue weighted by molar-refractivity contribution is 4.73. The van der Waals surface area contributed by atoms with Gasteiger partial charge in [-0.05, 0) is 26.8 Å². The first kappa shape index (κ1) is 12.0. The molecule has 1 heterocycles. The molecule has 0 amide bonds. The molecule has 1 rings (SSSR count). The summed E-state index contributed by atoms with van der Waals surface area (Å²) in [5.41, 5.74) is -0.0569. The summed E-state index contributed by atoms with van der Waals surface area (Å²) < 4.78 is 11.2. The van der Waals surface area contributed by atoms with Crippen LogP contribution in [0.2, 0.25) is 0 Å². The first-order valence-electron chi connectivity index (χ1n) is 5.56. The monoisotopic (exact) mass is 201 g/mol. The van der Waals surface area contributed by atoms with E-state index in [1.807, 2.05) is 0 Å². The van der Waals surface area contributed by atoms with Crippen LogP contribution in [0.1, 0.15) is 27.2 Å². The van der Waals surface area contributed by atoms with Crippen LogP contribution in [-0.4, -0.2) is 38.5 Å². The molecule has 1 saturated heterocycles. The topological polar surface area (TPSA) is 30.5 Å². The third-order valence-corrected chi connectivity index (χ3v) is 2.53. The Morgan fingerprint density at radius 3 is 2.86 bits per heavy atom. The van der Waals surface area contributed by atoms with Crippen molar-refractivity contribution in [3.05, 3.63) is 0 Å². The van der Waals surface area contributed by atoms with Gasteiger partial charge in [0, 0.05) is 19.1 Å². The summed E-state index contributed by atoms with van der Waals surface area (Å²) in [6.45, 7) is 10.9. The van der Waals surface area contributed by atoms with Crippen LogP contribution in [0.3, 0.4) is 0 Å². The number of nitrogens with one attached hydrogen (secondary N) is 1. The number of rotatable bonds is 6. The largest absolute Gasteiger partial charge is 0.381 e. The van der Waals surface area contributed by atoms with E-state index in [1.54, 1.807) is 0 Å². The molecule has 14 heavy (non-hydrogen) atoms. The molecule has 1 unspecified atom stereocenters. The van der Waals surface area contributed by atoms with Crippen LogP contribution in [0.5, 0.6) is 0 Å². The van der Waals surface area contributed by atoms with Crippen molar-refractivity contribution in [3.8, 4) is 0 Å². The van der Waals surface area contributed by atoms with Crippen LogP contribution < -0.4 is 5.32 Å². The maximum atomic E-state index is 5.87. The zero-order valence-corrected chi connectivity index (χ0v) is 9.64. The maximum Gasteiger partial charge on any atom is 0.0750 e. The fourth-order valence-electron chi connectivity index (χ4n) is 1.54. The van der Waals surface area contributed by atoms with Crippen molar-refractivity contribution in [1.29, 1.82) is 0 Å². The normalized spacial score (nSPS) is 22.9. The zero-order chi connectivity index (χ0) is 10.4. The Hall–Kier alpha value is -0.120. The summed E-state index contributed by atoms with van der Waals surface area (Å²) >= 11 is 0. The highest BCUT2D eigenvalue weighted by Crippen LogP contribution is 2.16. The van der Waals surface area contributed by atoms with Gasteiger partial charge >= 0.3 is 0 Å². The molecule has 0 aromatic carbocycles. The summed E-state index contributed by atoms with van der Waals surface area (Å²) in [6, 6.07) is 0. The van der Waals surface area contributed by atoms with E-state index in [0.29, 0.717) is 5.92 Å². The van der Waals surface area contributed by atoms with Crippen molar-refractivity contribution in [2.24, 2.45) is 5.92 Å². The minimum atomic E-state index is -0.0569. The Balaban J connectivity index is 2.14. The number of hydrogen-bond acceptors (Lipinski definition) is 3. The van der Waals surface area contributed by atoms with E-state index in [1.165, 1.54) is 0 Å². The molecule has 0 aromatic heterocycles. The van der Waals surface area contributed by atoms with Gasteiger partial charge in [-0.25, -0.2) is 0 Å². The van der Waals surface area contributed by atoms with Gasteiger partial charge in [-0.3, -0.25) is 0 Å². The van der Waals surface area contributed by atoms with E-state index >= 15 is 0 Å². The SMILES string of the molecule is CCNCC(C)(C)OCC1CCOC1. The van der Waals surface area contributed by atoms with Crippen LogP contribution in [0.25, 0.3) is 0 Å². The van der Waals surface area contributed by atoms with E-state index in [4.69, 9.17) is 9.47 Å². The molecule has 1 N–H and O–H groups in total. The van der Waals surface area contributed by atoms with Gasteiger partial charge in [0.15, 0.2) is 0 Å². The summed E-state index contributed by atoms with van der Waals surface area (Å²) in [6.07, 6.45) is 1.15. The molecule has 1 aliphatic rings. The van der Waals surface area contributed by atoms with Crippen LogP contribution in [-0.2, 0) is 9.47 Å². The van der Waals surface area contributed by atoms with Crippen molar-refractivity contribution in [2.75, 3.05) is 32.9 Å². The average molecular weight is 201 g/mol. The molecule has 3 heteroatoms. The van der Waals surface area contributed by atoms with Gasteiger partial charge in [0.2, 0.25) is 0 Å². The van der Waals surface area contributed by atoms with E-state index in [-0.39, 0.29) is 5.60 Å². The fourth-order valence-corrected chi connectivity index (χ4v) is 1.54. The third-order valence-electron chi connectivity index (χ3n) is 2.53. The van der Waals surface area contributed by atoms with Gasteiger partial charge in [-0.1, -0.05) is 6.92 Å². The van der Waals surface area contributed by atoms with Gasteiger partial charge < -0.3 is 14.8 Å². The van der Waals surface area contributed by atoms with Gasteiger partial charge in [-0.2, -0.15) is 0 Å². The lowest BCUT2D eigenvalue weighted by Gasteiger charge is -2.27. The standard InChI is InChI=1S/C11H23NO2/c1-4-12-9-11(2,3)14-8-10-5-6-13-7-10/h10,12H,4-9H2,1-3H3. The van der Waals surface area contributed by atoms with E-state index in [0.717, 1.165) is 39.3 Å². The Morgan fingerprint density at radius 2 is 2.29 bits per heavy atom. The predicted octanol–water partition coefficient (Wildman–Crippen LogP) is 1.43. The Kier molecular flexibility index (Phi) is 4.85. The van der Waals surface area contributed by atoms with E-state index < -0.39 is 0 Å². The minimum absolute atomic E-state index is 0.0569. The Bertz CT molecular complexity index is 153. The molecule has 0 aromatic rings. The van der Waals surface area contributed by atoms with Crippen LogP contribution in [0.15, 0.2) is 0 Å².